The SMILES string of the molecule is CN1CCOC(CNC(=O)c2cccc(Br)c2)C1. The Hall–Kier alpha value is -0.910. The van der Waals surface area contributed by atoms with Crippen LogP contribution in [0.4, 0.5) is 0 Å². The molecule has 1 aliphatic rings. The normalized spacial score (nSPS) is 20.7. The predicted molar refractivity (Wildman–Crippen MR) is 73.7 cm³/mol. The van der Waals surface area contributed by atoms with E-state index in [1.165, 1.54) is 0 Å². The van der Waals surface area contributed by atoms with Gasteiger partial charge in [0.25, 0.3) is 5.91 Å². The molecule has 1 aliphatic heterocycles. The van der Waals surface area contributed by atoms with E-state index in [4.69, 9.17) is 4.74 Å². The molecule has 1 fully saturated rings. The summed E-state index contributed by atoms with van der Waals surface area (Å²) in [5.41, 5.74) is 0.661. The van der Waals surface area contributed by atoms with Crippen molar-refractivity contribution in [2.45, 2.75) is 6.10 Å². The lowest BCUT2D eigenvalue weighted by Gasteiger charge is -2.30. The van der Waals surface area contributed by atoms with Crippen LogP contribution in [0.5, 0.6) is 0 Å². The monoisotopic (exact) mass is 312 g/mol. The third-order valence-corrected chi connectivity index (χ3v) is 3.41. The molecule has 1 amide bonds. The first-order chi connectivity index (χ1) is 8.65. The van der Waals surface area contributed by atoms with E-state index >= 15 is 0 Å². The topological polar surface area (TPSA) is 41.6 Å². The second-order valence-corrected chi connectivity index (χ2v) is 5.39. The van der Waals surface area contributed by atoms with Crippen molar-refractivity contribution in [3.63, 3.8) is 0 Å². The van der Waals surface area contributed by atoms with E-state index in [1.807, 2.05) is 18.2 Å². The first kappa shape index (κ1) is 13.5. The number of carbonyl (C=O) groups excluding carboxylic acids is 1. The molecule has 0 aromatic heterocycles. The van der Waals surface area contributed by atoms with Crippen LogP contribution in [0.15, 0.2) is 28.7 Å². The minimum Gasteiger partial charge on any atom is -0.374 e. The van der Waals surface area contributed by atoms with Gasteiger partial charge in [-0.3, -0.25) is 4.79 Å². The Morgan fingerprint density at radius 1 is 1.61 bits per heavy atom. The molecule has 18 heavy (non-hydrogen) atoms. The summed E-state index contributed by atoms with van der Waals surface area (Å²) in [5, 5.41) is 2.90. The number of morpholine rings is 1. The minimum atomic E-state index is -0.0619. The number of carbonyl (C=O) groups is 1. The Morgan fingerprint density at radius 2 is 2.44 bits per heavy atom. The number of ether oxygens (including phenoxy) is 1. The molecule has 0 bridgehead atoms. The largest absolute Gasteiger partial charge is 0.374 e. The van der Waals surface area contributed by atoms with Crippen LogP contribution in [-0.4, -0.2) is 50.2 Å². The van der Waals surface area contributed by atoms with Gasteiger partial charge in [0.15, 0.2) is 0 Å². The van der Waals surface area contributed by atoms with E-state index < -0.39 is 0 Å². The first-order valence-corrected chi connectivity index (χ1v) is 6.78. The molecule has 1 saturated heterocycles. The molecule has 0 radical (unpaired) electrons. The van der Waals surface area contributed by atoms with Gasteiger partial charge in [-0.1, -0.05) is 22.0 Å². The Balaban J connectivity index is 1.84. The van der Waals surface area contributed by atoms with Gasteiger partial charge in [0.1, 0.15) is 0 Å². The fraction of sp³-hybridized carbons (Fsp3) is 0.462. The van der Waals surface area contributed by atoms with Crippen molar-refractivity contribution in [3.05, 3.63) is 34.3 Å². The average Bonchev–Trinajstić information content (AvgIpc) is 2.36. The van der Waals surface area contributed by atoms with Gasteiger partial charge in [0.05, 0.1) is 12.7 Å². The van der Waals surface area contributed by atoms with Crippen LogP contribution in [0.1, 0.15) is 10.4 Å². The Kier molecular flexibility index (Phi) is 4.74. The molecule has 4 nitrogen and oxygen atoms in total. The molecular weight excluding hydrogens is 296 g/mol. The maximum atomic E-state index is 11.9. The van der Waals surface area contributed by atoms with Gasteiger partial charge < -0.3 is 15.0 Å². The Labute approximate surface area is 115 Å². The lowest BCUT2D eigenvalue weighted by Crippen LogP contribution is -2.45. The quantitative estimate of drug-likeness (QED) is 0.920. The van der Waals surface area contributed by atoms with Gasteiger partial charge in [0, 0.05) is 29.7 Å². The van der Waals surface area contributed by atoms with E-state index in [0.29, 0.717) is 12.1 Å². The second-order valence-electron chi connectivity index (χ2n) is 4.48. The zero-order chi connectivity index (χ0) is 13.0. The summed E-state index contributed by atoms with van der Waals surface area (Å²) < 4.78 is 6.50. The molecule has 1 heterocycles. The van der Waals surface area contributed by atoms with Crippen LogP contribution in [-0.2, 0) is 4.74 Å². The van der Waals surface area contributed by atoms with Gasteiger partial charge in [-0.2, -0.15) is 0 Å². The van der Waals surface area contributed by atoms with E-state index in [2.05, 4.69) is 33.2 Å². The highest BCUT2D eigenvalue weighted by Crippen LogP contribution is 2.11. The molecule has 5 heteroatoms. The van der Waals surface area contributed by atoms with E-state index in [9.17, 15) is 4.79 Å². The van der Waals surface area contributed by atoms with E-state index in [0.717, 1.165) is 24.2 Å². The van der Waals surface area contributed by atoms with Crippen LogP contribution < -0.4 is 5.32 Å². The van der Waals surface area contributed by atoms with E-state index in [1.54, 1.807) is 6.07 Å². The number of hydrogen-bond donors (Lipinski definition) is 1. The number of likely N-dealkylation sites (N-methyl/N-ethyl adjacent to an activating group) is 1. The number of nitrogens with one attached hydrogen (secondary N) is 1. The number of halogens is 1. The molecule has 0 spiro atoms. The highest BCUT2D eigenvalue weighted by atomic mass is 79.9. The van der Waals surface area contributed by atoms with Crippen molar-refractivity contribution in [3.8, 4) is 0 Å². The fourth-order valence-corrected chi connectivity index (χ4v) is 2.33. The van der Waals surface area contributed by atoms with Gasteiger partial charge in [0.2, 0.25) is 0 Å². The molecule has 1 N–H and O–H groups in total. The number of rotatable bonds is 3. The van der Waals surface area contributed by atoms with Crippen LogP contribution in [0, 0.1) is 0 Å². The molecule has 1 aromatic rings. The zero-order valence-corrected chi connectivity index (χ0v) is 11.9. The van der Waals surface area contributed by atoms with Gasteiger partial charge in [-0.05, 0) is 25.2 Å². The summed E-state index contributed by atoms with van der Waals surface area (Å²) in [6.07, 6.45) is 0.0832. The third-order valence-electron chi connectivity index (χ3n) is 2.92. The number of amides is 1. The average molecular weight is 313 g/mol. The number of nitrogens with zero attached hydrogens (tertiary/aromatic N) is 1. The summed E-state index contributed by atoms with van der Waals surface area (Å²) in [5.74, 6) is -0.0619. The molecule has 1 unspecified atom stereocenters. The molecule has 1 atom stereocenters. The maximum Gasteiger partial charge on any atom is 0.251 e. The number of hydrogen-bond acceptors (Lipinski definition) is 3. The van der Waals surface area contributed by atoms with Crippen molar-refractivity contribution in [1.82, 2.24) is 10.2 Å². The summed E-state index contributed by atoms with van der Waals surface area (Å²) in [6, 6.07) is 7.36. The molecule has 0 saturated carbocycles. The van der Waals surface area contributed by atoms with Crippen molar-refractivity contribution >= 4 is 21.8 Å². The lowest BCUT2D eigenvalue weighted by molar-refractivity contribution is -0.0175. The highest BCUT2D eigenvalue weighted by molar-refractivity contribution is 9.10. The summed E-state index contributed by atoms with van der Waals surface area (Å²) in [4.78, 5) is 14.1. The summed E-state index contributed by atoms with van der Waals surface area (Å²) in [7, 11) is 2.06. The Bertz CT molecular complexity index is 425. The highest BCUT2D eigenvalue weighted by Gasteiger charge is 2.18. The maximum absolute atomic E-state index is 11.9. The summed E-state index contributed by atoms with van der Waals surface area (Å²) in [6.45, 7) is 3.10. The van der Waals surface area contributed by atoms with Crippen LogP contribution in [0.25, 0.3) is 0 Å². The van der Waals surface area contributed by atoms with Gasteiger partial charge >= 0.3 is 0 Å². The standard InChI is InChI=1S/C13H17BrN2O2/c1-16-5-6-18-12(9-16)8-15-13(17)10-3-2-4-11(14)7-10/h2-4,7,12H,5-6,8-9H2,1H3,(H,15,17). The zero-order valence-electron chi connectivity index (χ0n) is 10.4. The minimum absolute atomic E-state index is 0.0619. The van der Waals surface area contributed by atoms with Gasteiger partial charge in [-0.25, -0.2) is 0 Å². The second kappa shape index (κ2) is 6.31. The van der Waals surface area contributed by atoms with Crippen molar-refractivity contribution in [1.29, 1.82) is 0 Å². The smallest absolute Gasteiger partial charge is 0.251 e. The van der Waals surface area contributed by atoms with E-state index in [-0.39, 0.29) is 12.0 Å². The third kappa shape index (κ3) is 3.80. The van der Waals surface area contributed by atoms with Gasteiger partial charge in [-0.15, -0.1) is 0 Å². The van der Waals surface area contributed by atoms with Crippen molar-refractivity contribution in [2.75, 3.05) is 33.3 Å². The molecule has 98 valence electrons. The van der Waals surface area contributed by atoms with Crippen molar-refractivity contribution in [2.24, 2.45) is 0 Å². The molecule has 1 aromatic carbocycles. The molecule has 2 rings (SSSR count). The number of benzene rings is 1. The Morgan fingerprint density at radius 3 is 3.17 bits per heavy atom. The van der Waals surface area contributed by atoms with Crippen LogP contribution in [0.2, 0.25) is 0 Å². The fourth-order valence-electron chi connectivity index (χ4n) is 1.93. The molecule has 0 aliphatic carbocycles. The van der Waals surface area contributed by atoms with Crippen LogP contribution >= 0.6 is 15.9 Å². The van der Waals surface area contributed by atoms with Crippen LogP contribution in [0.3, 0.4) is 0 Å². The predicted octanol–water partition coefficient (Wildman–Crippen LogP) is 1.51. The first-order valence-electron chi connectivity index (χ1n) is 5.99. The lowest BCUT2D eigenvalue weighted by atomic mass is 10.2. The van der Waals surface area contributed by atoms with Crippen molar-refractivity contribution < 1.29 is 9.53 Å². The summed E-state index contributed by atoms with van der Waals surface area (Å²) >= 11 is 3.35. The molecular formula is C13H17BrN2O2.